The van der Waals surface area contributed by atoms with Gasteiger partial charge in [-0.25, -0.2) is 14.8 Å². The predicted molar refractivity (Wildman–Crippen MR) is 151 cm³/mol. The number of nitrogens with one attached hydrogen (secondary N) is 3. The molecule has 0 radical (unpaired) electrons. The summed E-state index contributed by atoms with van der Waals surface area (Å²) >= 11 is 1.35. The highest BCUT2D eigenvalue weighted by molar-refractivity contribution is 7.20. The number of hydrazine groups is 1. The van der Waals surface area contributed by atoms with Crippen molar-refractivity contribution in [2.75, 3.05) is 18.4 Å². The molecule has 2 aliphatic rings. The molecule has 4 heterocycles. The normalized spacial score (nSPS) is 18.6. The van der Waals surface area contributed by atoms with E-state index >= 15 is 0 Å². The molecule has 0 bridgehead atoms. The third-order valence-corrected chi connectivity index (χ3v) is 7.93. The molecule has 1 fully saturated rings. The fraction of sp³-hybridized carbons (Fsp3) is 0.250. The van der Waals surface area contributed by atoms with E-state index in [1.807, 2.05) is 41.9 Å². The molecule has 0 spiro atoms. The van der Waals surface area contributed by atoms with Crippen LogP contribution in [-0.2, 0) is 13.1 Å². The van der Waals surface area contributed by atoms with Crippen LogP contribution in [0.3, 0.4) is 0 Å². The fourth-order valence-electron chi connectivity index (χ4n) is 4.60. The van der Waals surface area contributed by atoms with Crippen molar-refractivity contribution < 1.29 is 14.3 Å². The molecule has 6 rings (SSSR count). The quantitative estimate of drug-likeness (QED) is 0.277. The summed E-state index contributed by atoms with van der Waals surface area (Å²) in [5, 5.41) is 18.8. The fourth-order valence-corrected chi connectivity index (χ4v) is 5.55. The van der Waals surface area contributed by atoms with E-state index in [1.165, 1.54) is 23.8 Å². The number of nitrogens with zero attached hydrogens (tertiary/aromatic N) is 4. The Kier molecular flexibility index (Phi) is 6.96. The van der Waals surface area contributed by atoms with Crippen LogP contribution in [0.4, 0.5) is 15.9 Å². The Labute approximate surface area is 228 Å². The number of benzene rings is 2. The van der Waals surface area contributed by atoms with Gasteiger partial charge in [0.2, 0.25) is 0 Å². The van der Waals surface area contributed by atoms with Crippen molar-refractivity contribution in [3.8, 4) is 0 Å². The van der Waals surface area contributed by atoms with Crippen LogP contribution in [0.5, 0.6) is 0 Å². The zero-order valence-corrected chi connectivity index (χ0v) is 22.1. The Hall–Kier alpha value is -3.90. The molecular weight excluding hydrogens is 517 g/mol. The maximum atomic E-state index is 14.7. The molecule has 9 nitrogen and oxygen atoms in total. The van der Waals surface area contributed by atoms with Gasteiger partial charge in [0.15, 0.2) is 12.0 Å². The summed E-state index contributed by atoms with van der Waals surface area (Å²) in [4.78, 5) is 20.3. The Morgan fingerprint density at radius 3 is 2.85 bits per heavy atom. The molecule has 2 aromatic carbocycles. The Morgan fingerprint density at radius 1 is 1.23 bits per heavy atom. The molecule has 1 saturated heterocycles. The lowest BCUT2D eigenvalue weighted by molar-refractivity contribution is 0.103. The number of likely N-dealkylation sites (tertiary alicyclic amines) is 1. The number of aliphatic hydroxyl groups is 1. The minimum atomic E-state index is -1.06. The summed E-state index contributed by atoms with van der Waals surface area (Å²) in [7, 11) is 0. The summed E-state index contributed by atoms with van der Waals surface area (Å²) in [6.45, 7) is 5.75. The maximum absolute atomic E-state index is 14.7. The highest BCUT2D eigenvalue weighted by Gasteiger charge is 2.22. The minimum absolute atomic E-state index is 0.0552. The van der Waals surface area contributed by atoms with Crippen molar-refractivity contribution in [1.82, 2.24) is 25.5 Å². The number of anilines is 1. The van der Waals surface area contributed by atoms with Crippen LogP contribution < -0.4 is 16.2 Å². The van der Waals surface area contributed by atoms with Gasteiger partial charge < -0.3 is 15.8 Å². The Balaban J connectivity index is 1.24. The SMILES string of the molecule is CCn1nc(N=C2C=C(c3ccc(F)c(NC(=O)c4cc5ccccc5s4)c3)NNC2O)cc1CN1CCC1. The molecule has 1 unspecified atom stereocenters. The monoisotopic (exact) mass is 545 g/mol. The van der Waals surface area contributed by atoms with Gasteiger partial charge in [0.05, 0.1) is 27.7 Å². The average Bonchev–Trinajstić information content (AvgIpc) is 3.52. The number of thiophene rings is 1. The zero-order chi connectivity index (χ0) is 26.9. The van der Waals surface area contributed by atoms with Gasteiger partial charge in [0.25, 0.3) is 5.91 Å². The number of amides is 1. The molecule has 1 atom stereocenters. The van der Waals surface area contributed by atoms with Crippen molar-refractivity contribution in [1.29, 1.82) is 0 Å². The summed E-state index contributed by atoms with van der Waals surface area (Å²) in [6.07, 6.45) is 1.84. The summed E-state index contributed by atoms with van der Waals surface area (Å²) in [5.74, 6) is -0.420. The van der Waals surface area contributed by atoms with Gasteiger partial charge in [-0.1, -0.05) is 18.2 Å². The number of aliphatic hydroxyl groups excluding tert-OH is 1. The summed E-state index contributed by atoms with van der Waals surface area (Å²) < 4.78 is 17.6. The predicted octanol–water partition coefficient (Wildman–Crippen LogP) is 4.25. The molecule has 0 aliphatic carbocycles. The van der Waals surface area contributed by atoms with Crippen molar-refractivity contribution in [2.45, 2.75) is 32.7 Å². The first-order chi connectivity index (χ1) is 19.0. The number of aromatic nitrogens is 2. The van der Waals surface area contributed by atoms with Crippen LogP contribution in [-0.4, -0.2) is 50.7 Å². The van der Waals surface area contributed by atoms with Crippen LogP contribution in [0.1, 0.15) is 34.3 Å². The van der Waals surface area contributed by atoms with Crippen LogP contribution in [0, 0.1) is 5.82 Å². The number of hydrogen-bond donors (Lipinski definition) is 4. The highest BCUT2D eigenvalue weighted by atomic mass is 32.1. The molecule has 200 valence electrons. The van der Waals surface area contributed by atoms with Crippen molar-refractivity contribution in [2.24, 2.45) is 4.99 Å². The lowest BCUT2D eigenvalue weighted by atomic mass is 10.1. The van der Waals surface area contributed by atoms with Crippen LogP contribution >= 0.6 is 11.3 Å². The van der Waals surface area contributed by atoms with E-state index in [-0.39, 0.29) is 11.6 Å². The van der Waals surface area contributed by atoms with E-state index in [0.717, 1.165) is 42.0 Å². The first-order valence-corrected chi connectivity index (χ1v) is 13.7. The third-order valence-electron chi connectivity index (χ3n) is 6.82. The van der Waals surface area contributed by atoms with Gasteiger partial charge in [-0.3, -0.25) is 14.4 Å². The molecule has 2 aliphatic heterocycles. The minimum Gasteiger partial charge on any atom is -0.371 e. The van der Waals surface area contributed by atoms with E-state index in [2.05, 4.69) is 31.2 Å². The maximum Gasteiger partial charge on any atom is 0.265 e. The smallest absolute Gasteiger partial charge is 0.265 e. The van der Waals surface area contributed by atoms with Gasteiger partial charge in [-0.05, 0) is 68.2 Å². The Bertz CT molecular complexity index is 1570. The second-order valence-corrected chi connectivity index (χ2v) is 10.6. The van der Waals surface area contributed by atoms with Crippen molar-refractivity contribution in [3.63, 3.8) is 0 Å². The number of halogens is 1. The molecule has 2 aromatic heterocycles. The van der Waals surface area contributed by atoms with Crippen LogP contribution in [0.15, 0.2) is 65.7 Å². The van der Waals surface area contributed by atoms with E-state index in [4.69, 9.17) is 0 Å². The number of hydrogen-bond acceptors (Lipinski definition) is 8. The molecule has 39 heavy (non-hydrogen) atoms. The van der Waals surface area contributed by atoms with Crippen molar-refractivity contribution >= 4 is 50.2 Å². The molecule has 0 saturated carbocycles. The lowest BCUT2D eigenvalue weighted by Gasteiger charge is -2.30. The number of carbonyl (C=O) groups is 1. The second kappa shape index (κ2) is 10.7. The van der Waals surface area contributed by atoms with E-state index in [9.17, 15) is 14.3 Å². The van der Waals surface area contributed by atoms with Gasteiger partial charge in [0.1, 0.15) is 5.82 Å². The Morgan fingerprint density at radius 2 is 2.08 bits per heavy atom. The lowest BCUT2D eigenvalue weighted by Crippen LogP contribution is -2.47. The largest absolute Gasteiger partial charge is 0.371 e. The summed E-state index contributed by atoms with van der Waals surface area (Å²) in [5.41, 5.74) is 8.38. The topological polar surface area (TPSA) is 107 Å². The van der Waals surface area contributed by atoms with Gasteiger partial charge in [-0.15, -0.1) is 11.3 Å². The molecule has 11 heteroatoms. The van der Waals surface area contributed by atoms with E-state index < -0.39 is 12.0 Å². The zero-order valence-electron chi connectivity index (χ0n) is 21.3. The average molecular weight is 546 g/mol. The summed E-state index contributed by atoms with van der Waals surface area (Å²) in [6, 6.07) is 15.9. The van der Waals surface area contributed by atoms with E-state index in [1.54, 1.807) is 24.3 Å². The first-order valence-electron chi connectivity index (χ1n) is 12.9. The second-order valence-electron chi connectivity index (χ2n) is 9.50. The van der Waals surface area contributed by atoms with Gasteiger partial charge in [-0.2, -0.15) is 5.10 Å². The van der Waals surface area contributed by atoms with Crippen molar-refractivity contribution in [3.05, 3.63) is 82.6 Å². The number of rotatable bonds is 7. The molecular formula is C28H28FN7O2S. The van der Waals surface area contributed by atoms with E-state index in [0.29, 0.717) is 27.7 Å². The molecule has 1 amide bonds. The van der Waals surface area contributed by atoms with Crippen LogP contribution in [0.25, 0.3) is 15.8 Å². The van der Waals surface area contributed by atoms with Crippen LogP contribution in [0.2, 0.25) is 0 Å². The van der Waals surface area contributed by atoms with Gasteiger partial charge in [0, 0.05) is 29.4 Å². The number of carbonyl (C=O) groups excluding carboxylic acids is 1. The van der Waals surface area contributed by atoms with Gasteiger partial charge >= 0.3 is 0 Å². The number of aliphatic imine (C=N–C) groups is 1. The highest BCUT2D eigenvalue weighted by Crippen LogP contribution is 2.28. The standard InChI is InChI=1S/C28H28FN7O2S/c1-2-36-19(16-35-10-5-11-35)14-26(34-36)30-23-15-21(32-33-27(23)37)17-8-9-20(29)22(12-17)31-28(38)25-13-18-6-3-4-7-24(18)39-25/h3-4,6-9,12-15,27,32-33,37H,2,5,10-11,16H2,1H3,(H,31,38). The molecule has 4 aromatic rings. The third kappa shape index (κ3) is 5.34. The number of aryl methyl sites for hydroxylation is 1. The molecule has 4 N–H and O–H groups in total. The first kappa shape index (κ1) is 25.4. The number of fused-ring (bicyclic) bond motifs is 1.